The molecule has 2 N–H and O–H groups in total. The van der Waals surface area contributed by atoms with Gasteiger partial charge < -0.3 is 5.73 Å². The van der Waals surface area contributed by atoms with E-state index in [1.165, 1.54) is 29.7 Å². The number of nitrogens with two attached hydrogens (primary N) is 1. The Labute approximate surface area is 133 Å². The molecule has 106 valence electrons. The van der Waals surface area contributed by atoms with Gasteiger partial charge in [0.2, 0.25) is 0 Å². The maximum Gasteiger partial charge on any atom is 0.0595 e. The van der Waals surface area contributed by atoms with Crippen LogP contribution in [0.5, 0.6) is 0 Å². The molecule has 0 bridgehead atoms. The zero-order chi connectivity index (χ0) is 14.1. The van der Waals surface area contributed by atoms with Gasteiger partial charge in [-0.1, -0.05) is 29.3 Å². The Kier molecular flexibility index (Phi) is 4.37. The first-order valence-electron chi connectivity index (χ1n) is 6.91. The summed E-state index contributed by atoms with van der Waals surface area (Å²) < 4.78 is 0. The molecule has 0 aliphatic heterocycles. The molecule has 0 spiro atoms. The van der Waals surface area contributed by atoms with E-state index in [1.54, 1.807) is 0 Å². The van der Waals surface area contributed by atoms with Crippen molar-refractivity contribution in [3.05, 3.63) is 55.7 Å². The lowest BCUT2D eigenvalue weighted by Crippen LogP contribution is -2.32. The Bertz CT molecular complexity index is 608. The summed E-state index contributed by atoms with van der Waals surface area (Å²) in [4.78, 5) is 1.52. The predicted octanol–water partition coefficient (Wildman–Crippen LogP) is 5.04. The molecule has 1 aromatic heterocycles. The number of halogens is 2. The molecule has 1 aliphatic carbocycles. The van der Waals surface area contributed by atoms with Crippen molar-refractivity contribution in [2.45, 2.75) is 37.6 Å². The Morgan fingerprint density at radius 2 is 2.10 bits per heavy atom. The maximum absolute atomic E-state index is 6.47. The molecular formula is C16H17Cl2NS. The van der Waals surface area contributed by atoms with Crippen LogP contribution in [-0.2, 0) is 12.8 Å². The molecule has 1 heterocycles. The first-order valence-corrected chi connectivity index (χ1v) is 8.54. The predicted molar refractivity (Wildman–Crippen MR) is 88.1 cm³/mol. The maximum atomic E-state index is 6.47. The zero-order valence-corrected chi connectivity index (χ0v) is 13.4. The lowest BCUT2D eigenvalue weighted by Gasteiger charge is -2.28. The number of thiophene rings is 1. The van der Waals surface area contributed by atoms with E-state index in [0.717, 1.165) is 12.0 Å². The van der Waals surface area contributed by atoms with Crippen LogP contribution in [0.25, 0.3) is 0 Å². The summed E-state index contributed by atoms with van der Waals surface area (Å²) in [5, 5.41) is 3.40. The largest absolute Gasteiger partial charge is 0.327 e. The first kappa shape index (κ1) is 14.4. The summed E-state index contributed by atoms with van der Waals surface area (Å²) >= 11 is 13.9. The van der Waals surface area contributed by atoms with Crippen molar-refractivity contribution >= 4 is 34.5 Å². The van der Waals surface area contributed by atoms with E-state index in [4.69, 9.17) is 28.9 Å². The number of hydrogen-bond donors (Lipinski definition) is 1. The monoisotopic (exact) mass is 325 g/mol. The van der Waals surface area contributed by atoms with Crippen molar-refractivity contribution in [1.82, 2.24) is 0 Å². The standard InChI is InChI=1S/C16H17Cl2NS/c17-13-5-4-10(8-14(13)18)9-15(19)11-2-1-3-16-12(11)6-7-20-16/h4-8,11,15H,1-3,9,19H2. The van der Waals surface area contributed by atoms with Crippen molar-refractivity contribution in [3.63, 3.8) is 0 Å². The molecule has 2 aromatic rings. The number of rotatable bonds is 3. The lowest BCUT2D eigenvalue weighted by molar-refractivity contribution is 0.464. The van der Waals surface area contributed by atoms with Gasteiger partial charge in [0, 0.05) is 16.8 Å². The molecular weight excluding hydrogens is 309 g/mol. The Morgan fingerprint density at radius 3 is 2.90 bits per heavy atom. The van der Waals surface area contributed by atoms with E-state index < -0.39 is 0 Å². The fraction of sp³-hybridized carbons (Fsp3) is 0.375. The highest BCUT2D eigenvalue weighted by Gasteiger charge is 2.26. The highest BCUT2D eigenvalue weighted by atomic mass is 35.5. The van der Waals surface area contributed by atoms with Crippen LogP contribution in [0, 0.1) is 0 Å². The van der Waals surface area contributed by atoms with Gasteiger partial charge in [-0.2, -0.15) is 0 Å². The molecule has 0 saturated carbocycles. The SMILES string of the molecule is NC(Cc1ccc(Cl)c(Cl)c1)C1CCCc2sccc21. The summed E-state index contributed by atoms with van der Waals surface area (Å²) in [7, 11) is 0. The van der Waals surface area contributed by atoms with Crippen molar-refractivity contribution < 1.29 is 0 Å². The fourth-order valence-electron chi connectivity index (χ4n) is 3.05. The number of fused-ring (bicyclic) bond motifs is 1. The second kappa shape index (κ2) is 6.07. The summed E-state index contributed by atoms with van der Waals surface area (Å²) in [5.41, 5.74) is 9.10. The smallest absolute Gasteiger partial charge is 0.0595 e. The summed E-state index contributed by atoms with van der Waals surface area (Å²) in [6, 6.07) is 8.19. The van der Waals surface area contributed by atoms with E-state index in [2.05, 4.69) is 11.4 Å². The molecule has 2 atom stereocenters. The Morgan fingerprint density at radius 1 is 1.25 bits per heavy atom. The second-order valence-electron chi connectivity index (χ2n) is 5.41. The van der Waals surface area contributed by atoms with Crippen LogP contribution in [0.2, 0.25) is 10.0 Å². The first-order chi connectivity index (χ1) is 9.65. The number of hydrogen-bond acceptors (Lipinski definition) is 2. The van der Waals surface area contributed by atoms with Gasteiger partial charge in [0.15, 0.2) is 0 Å². The van der Waals surface area contributed by atoms with Crippen LogP contribution in [0.1, 0.15) is 34.8 Å². The van der Waals surface area contributed by atoms with Crippen LogP contribution >= 0.6 is 34.5 Å². The highest BCUT2D eigenvalue weighted by molar-refractivity contribution is 7.10. The minimum Gasteiger partial charge on any atom is -0.327 e. The van der Waals surface area contributed by atoms with Crippen molar-refractivity contribution in [2.75, 3.05) is 0 Å². The van der Waals surface area contributed by atoms with Gasteiger partial charge in [-0.25, -0.2) is 0 Å². The average molecular weight is 326 g/mol. The van der Waals surface area contributed by atoms with Crippen molar-refractivity contribution in [2.24, 2.45) is 5.73 Å². The van der Waals surface area contributed by atoms with Crippen LogP contribution in [-0.4, -0.2) is 6.04 Å². The molecule has 1 aromatic carbocycles. The van der Waals surface area contributed by atoms with Gasteiger partial charge >= 0.3 is 0 Å². The van der Waals surface area contributed by atoms with Crippen molar-refractivity contribution in [1.29, 1.82) is 0 Å². The summed E-state index contributed by atoms with van der Waals surface area (Å²) in [5.74, 6) is 0.472. The molecule has 0 saturated heterocycles. The van der Waals surface area contributed by atoms with E-state index in [0.29, 0.717) is 16.0 Å². The van der Waals surface area contributed by atoms with Gasteiger partial charge in [-0.3, -0.25) is 0 Å². The minimum atomic E-state index is 0.140. The highest BCUT2D eigenvalue weighted by Crippen LogP contribution is 2.37. The van der Waals surface area contributed by atoms with Crippen LogP contribution in [0.4, 0.5) is 0 Å². The van der Waals surface area contributed by atoms with Crippen LogP contribution in [0.3, 0.4) is 0 Å². The normalized spacial score (nSPS) is 19.6. The zero-order valence-electron chi connectivity index (χ0n) is 11.1. The molecule has 4 heteroatoms. The van der Waals surface area contributed by atoms with Gasteiger partial charge in [-0.05, 0) is 60.4 Å². The van der Waals surface area contributed by atoms with Gasteiger partial charge in [-0.15, -0.1) is 11.3 Å². The van der Waals surface area contributed by atoms with Crippen LogP contribution in [0.15, 0.2) is 29.6 Å². The molecule has 3 rings (SSSR count). The van der Waals surface area contributed by atoms with Crippen molar-refractivity contribution in [3.8, 4) is 0 Å². The van der Waals surface area contributed by atoms with E-state index in [-0.39, 0.29) is 6.04 Å². The van der Waals surface area contributed by atoms with Gasteiger partial charge in [0.05, 0.1) is 10.0 Å². The topological polar surface area (TPSA) is 26.0 Å². The third kappa shape index (κ3) is 2.89. The fourth-order valence-corrected chi connectivity index (χ4v) is 4.37. The number of aryl methyl sites for hydroxylation is 1. The van der Waals surface area contributed by atoms with Gasteiger partial charge in [0.1, 0.15) is 0 Å². The van der Waals surface area contributed by atoms with E-state index >= 15 is 0 Å². The lowest BCUT2D eigenvalue weighted by atomic mass is 9.81. The Balaban J connectivity index is 1.77. The molecule has 1 nitrogen and oxygen atoms in total. The molecule has 0 amide bonds. The third-order valence-electron chi connectivity index (χ3n) is 4.07. The van der Waals surface area contributed by atoms with E-state index in [1.807, 2.05) is 29.5 Å². The minimum absolute atomic E-state index is 0.140. The molecule has 0 radical (unpaired) electrons. The average Bonchev–Trinajstić information content (AvgIpc) is 2.91. The van der Waals surface area contributed by atoms with Gasteiger partial charge in [0.25, 0.3) is 0 Å². The third-order valence-corrected chi connectivity index (χ3v) is 5.81. The number of benzene rings is 1. The summed E-state index contributed by atoms with van der Waals surface area (Å²) in [6.07, 6.45) is 4.49. The molecule has 2 unspecified atom stereocenters. The molecule has 0 fully saturated rings. The second-order valence-corrected chi connectivity index (χ2v) is 7.23. The quantitative estimate of drug-likeness (QED) is 0.840. The Hall–Kier alpha value is -0.540. The molecule has 20 heavy (non-hydrogen) atoms. The summed E-state index contributed by atoms with van der Waals surface area (Å²) in [6.45, 7) is 0. The molecule has 1 aliphatic rings. The van der Waals surface area contributed by atoms with E-state index in [9.17, 15) is 0 Å². The van der Waals surface area contributed by atoms with Crippen LogP contribution < -0.4 is 5.73 Å².